The SMILES string of the molecule is Brc1ccc(-c2cc(-c3ccccn3)nc(-c3ccccn3)c2)cc1.Brc1ccc(-c2cc(-c3ccccn3)nc(-c3ccccn3)c2)cc1.C.C(=C\c1ccncc1)/c1ccncc1.C(=C\c1ccncc1)/c1ccncc1.Clc1cc(-c2ccccn2)nc(-c2ccccn2)c1.Clc1cc(-c2ccccn2)nc(-c2ccccn2)c1.[Pt+2].[Pt+2].[Pt+2].[Pt+2]. The normalized spacial score (nSPS) is 10.1. The van der Waals surface area contributed by atoms with Gasteiger partial charge in [0.1, 0.15) is 0 Å². The molecule has 16 aromatic heterocycles. The van der Waals surface area contributed by atoms with Crippen molar-refractivity contribution in [3.8, 4) is 113 Å². The Balaban J connectivity index is 0.000000181. The van der Waals surface area contributed by atoms with Gasteiger partial charge < -0.3 is 0 Å². The number of hydrogen-bond donors (Lipinski definition) is 0. The molecule has 121 heavy (non-hydrogen) atoms. The second-order valence-electron chi connectivity index (χ2n) is 24.9. The largest absolute Gasteiger partial charge is 2.00 e. The van der Waals surface area contributed by atoms with E-state index in [4.69, 9.17) is 33.2 Å². The first-order valence-electron chi connectivity index (χ1n) is 36.3. The van der Waals surface area contributed by atoms with E-state index in [-0.39, 0.29) is 91.7 Å². The van der Waals surface area contributed by atoms with Crippen LogP contribution in [0.3, 0.4) is 0 Å². The van der Waals surface area contributed by atoms with Gasteiger partial charge in [-0.05, 0) is 263 Å². The van der Waals surface area contributed by atoms with E-state index in [2.05, 4.69) is 174 Å². The van der Waals surface area contributed by atoms with Gasteiger partial charge in [0.05, 0.1) is 91.1 Å². The molecule has 600 valence electrons. The van der Waals surface area contributed by atoms with Crippen LogP contribution in [0.2, 0.25) is 10.0 Å². The van der Waals surface area contributed by atoms with Crippen LogP contribution in [0.5, 0.6) is 0 Å². The van der Waals surface area contributed by atoms with Crippen LogP contribution in [0.4, 0.5) is 0 Å². The topological polar surface area (TPSA) is 206 Å². The van der Waals surface area contributed by atoms with Gasteiger partial charge in [-0.15, -0.1) is 0 Å². The van der Waals surface area contributed by atoms with Gasteiger partial charge in [-0.2, -0.15) is 0 Å². The molecule has 0 N–H and O–H groups in total. The fraction of sp³-hybridized carbons (Fsp3) is 0.0103. The predicted octanol–water partition coefficient (Wildman–Crippen LogP) is 24.9. The number of hydrogen-bond acceptors (Lipinski definition) is 16. The van der Waals surface area contributed by atoms with Crippen LogP contribution in [0.1, 0.15) is 29.7 Å². The van der Waals surface area contributed by atoms with Crippen molar-refractivity contribution in [3.05, 3.63) is 432 Å². The van der Waals surface area contributed by atoms with E-state index >= 15 is 0 Å². The van der Waals surface area contributed by atoms with E-state index in [1.54, 1.807) is 123 Å². The molecule has 0 aliphatic carbocycles. The predicted molar refractivity (Wildman–Crippen MR) is 481 cm³/mol. The molecule has 0 aliphatic rings. The number of benzene rings is 2. The van der Waals surface area contributed by atoms with Gasteiger partial charge in [-0.1, -0.05) is 160 Å². The molecule has 0 amide bonds. The molecule has 0 fully saturated rings. The van der Waals surface area contributed by atoms with Crippen molar-refractivity contribution in [1.82, 2.24) is 79.7 Å². The number of aromatic nitrogens is 16. The third-order valence-corrected chi connectivity index (χ3v) is 18.3. The quantitative estimate of drug-likeness (QED) is 0.0992. The van der Waals surface area contributed by atoms with Crippen molar-refractivity contribution >= 4 is 79.4 Å². The maximum absolute atomic E-state index is 6.15. The fourth-order valence-electron chi connectivity index (χ4n) is 11.1. The summed E-state index contributed by atoms with van der Waals surface area (Å²) >= 11 is 19.3. The summed E-state index contributed by atoms with van der Waals surface area (Å²) in [6, 6.07) is 93.9. The molecular weight excluding hydrogens is 2400 g/mol. The van der Waals surface area contributed by atoms with E-state index < -0.39 is 0 Å². The summed E-state index contributed by atoms with van der Waals surface area (Å²) in [5, 5.41) is 1.24. The van der Waals surface area contributed by atoms with Crippen LogP contribution in [0, 0.1) is 0 Å². The summed E-state index contributed by atoms with van der Waals surface area (Å²) in [6.45, 7) is 0. The van der Waals surface area contributed by atoms with Crippen LogP contribution in [-0.4, -0.2) is 79.7 Å². The second-order valence-corrected chi connectivity index (χ2v) is 27.6. The average Bonchev–Trinajstić information content (AvgIpc) is 0.813. The summed E-state index contributed by atoms with van der Waals surface area (Å²) in [5.41, 5.74) is 21.9. The van der Waals surface area contributed by atoms with Gasteiger partial charge in [0.25, 0.3) is 0 Å². The zero-order valence-corrected chi connectivity index (χ0v) is 77.0. The second kappa shape index (κ2) is 51.3. The zero-order chi connectivity index (χ0) is 79.6. The van der Waals surface area contributed by atoms with Crippen molar-refractivity contribution in [2.45, 2.75) is 7.43 Å². The summed E-state index contributed by atoms with van der Waals surface area (Å²) in [7, 11) is 0. The first-order valence-corrected chi connectivity index (χ1v) is 38.7. The third kappa shape index (κ3) is 30.1. The van der Waals surface area contributed by atoms with Gasteiger partial charge >= 0.3 is 84.3 Å². The molecule has 16 nitrogen and oxygen atoms in total. The third-order valence-electron chi connectivity index (χ3n) is 16.8. The summed E-state index contributed by atoms with van der Waals surface area (Å²) < 4.78 is 2.11. The number of nitrogens with zero attached hydrogens (tertiary/aromatic N) is 16. The van der Waals surface area contributed by atoms with E-state index in [0.717, 1.165) is 145 Å². The molecule has 24 heteroatoms. The minimum absolute atomic E-state index is 0. The molecule has 0 bridgehead atoms. The van der Waals surface area contributed by atoms with E-state index in [1.165, 1.54) is 0 Å². The van der Waals surface area contributed by atoms with Gasteiger partial charge in [-0.3, -0.25) is 59.8 Å². The molecule has 0 saturated heterocycles. The van der Waals surface area contributed by atoms with Crippen LogP contribution < -0.4 is 0 Å². The molecule has 18 aromatic rings. The van der Waals surface area contributed by atoms with Crippen LogP contribution in [0.15, 0.2) is 399 Å². The van der Waals surface area contributed by atoms with E-state index in [0.29, 0.717) is 10.0 Å². The monoisotopic (exact) mass is 2470 g/mol. The van der Waals surface area contributed by atoms with Gasteiger partial charge in [0.2, 0.25) is 0 Å². The van der Waals surface area contributed by atoms with Crippen molar-refractivity contribution in [2.75, 3.05) is 0 Å². The van der Waals surface area contributed by atoms with Crippen molar-refractivity contribution in [3.63, 3.8) is 0 Å². The Bertz CT molecular complexity index is 5400. The standard InChI is InChI=1S/2C21H14BrN3.2C15H10ClN3.2C12H10N2.CH4.4Pt/c2*22-17-9-7-15(8-10-17)16-13-20(18-5-1-3-11-23-18)25-21(14-16)19-6-2-4-12-24-19;2*16-11-9-14(12-5-1-3-7-17-12)19-15(10-11)13-6-2-4-8-18-13;2*1(11-3-7-13-8-4-11)2-12-5-9-14-10-6-12;;;;;/h2*1-14H;2*1-10H;2*1-10H;1H4;;;;/q;;;;;;;4*+2/b;;;;2*2-1+;;;;;. The molecule has 2 aromatic carbocycles. The van der Waals surface area contributed by atoms with Crippen LogP contribution in [0.25, 0.3) is 138 Å². The first kappa shape index (κ1) is 95.1. The number of halogens is 4. The molecule has 16 heterocycles. The van der Waals surface area contributed by atoms with Crippen molar-refractivity contribution in [1.29, 1.82) is 0 Å². The fourth-order valence-corrected chi connectivity index (χ4v) is 12.1. The van der Waals surface area contributed by atoms with E-state index in [9.17, 15) is 0 Å². The minimum Gasteiger partial charge on any atom is -0.265 e. The van der Waals surface area contributed by atoms with Crippen molar-refractivity contribution in [2.24, 2.45) is 0 Å². The first-order chi connectivity index (χ1) is 57.1. The van der Waals surface area contributed by atoms with Crippen LogP contribution >= 0.6 is 55.1 Å². The molecule has 0 aliphatic heterocycles. The van der Waals surface area contributed by atoms with Gasteiger partial charge in [0.15, 0.2) is 0 Å². The van der Waals surface area contributed by atoms with Gasteiger partial charge in [-0.25, -0.2) is 19.9 Å². The maximum atomic E-state index is 6.15. The molecule has 0 radical (unpaired) electrons. The Kier molecular flexibility index (Phi) is 40.3. The molecule has 0 spiro atoms. The van der Waals surface area contributed by atoms with Gasteiger partial charge in [0, 0.05) is 118 Å². The number of pyridine rings is 16. The maximum Gasteiger partial charge on any atom is 2.00 e. The summed E-state index contributed by atoms with van der Waals surface area (Å²) in [6.07, 6.45) is 36.5. The zero-order valence-electron chi connectivity index (χ0n) is 63.2. The Hall–Kier alpha value is -11.4. The Morgan fingerprint density at radius 1 is 0.190 bits per heavy atom. The minimum atomic E-state index is 0. The smallest absolute Gasteiger partial charge is 0.265 e. The Morgan fingerprint density at radius 3 is 0.529 bits per heavy atom. The summed E-state index contributed by atoms with van der Waals surface area (Å²) in [5.74, 6) is 0. The average molecular weight is 2470 g/mol. The Morgan fingerprint density at radius 2 is 0.364 bits per heavy atom. The molecule has 0 atom stereocenters. The van der Waals surface area contributed by atoms with Crippen molar-refractivity contribution < 1.29 is 84.3 Å². The molecule has 0 saturated carbocycles. The van der Waals surface area contributed by atoms with E-state index in [1.807, 2.05) is 218 Å². The van der Waals surface area contributed by atoms with Crippen LogP contribution in [-0.2, 0) is 84.3 Å². The summed E-state index contributed by atoms with van der Waals surface area (Å²) in [4.78, 5) is 69.4. The molecule has 18 rings (SSSR count). The Labute approximate surface area is 787 Å². The molecule has 0 unspecified atom stereocenters. The molecular formula is C97H72Br2Cl2N16Pt4+8. The number of rotatable bonds is 14.